The van der Waals surface area contributed by atoms with Crippen LogP contribution in [0.1, 0.15) is 24.2 Å². The molecule has 0 aromatic heterocycles. The van der Waals surface area contributed by atoms with Crippen molar-refractivity contribution in [3.05, 3.63) is 23.8 Å². The summed E-state index contributed by atoms with van der Waals surface area (Å²) >= 11 is 0. The summed E-state index contributed by atoms with van der Waals surface area (Å²) in [5, 5.41) is 0. The van der Waals surface area contributed by atoms with E-state index >= 15 is 0 Å². The monoisotopic (exact) mass is 251 g/mol. The zero-order valence-electron chi connectivity index (χ0n) is 11.3. The summed E-state index contributed by atoms with van der Waals surface area (Å²) in [5.41, 5.74) is 0.536. The van der Waals surface area contributed by atoms with Crippen LogP contribution in [0.5, 0.6) is 11.5 Å². The van der Waals surface area contributed by atoms with Gasteiger partial charge in [-0.25, -0.2) is 0 Å². The summed E-state index contributed by atoms with van der Waals surface area (Å²) in [6.07, 6.45) is 0.776. The number of carbonyl (C=O) groups excluding carboxylic acids is 1. The fourth-order valence-corrected chi connectivity index (χ4v) is 1.71. The molecule has 0 bridgehead atoms. The number of benzene rings is 1. The SMILES string of the molecule is CCN(CC)CCOc1ccc(C=O)c(OC)c1. The van der Waals surface area contributed by atoms with Crippen molar-refractivity contribution >= 4 is 6.29 Å². The van der Waals surface area contributed by atoms with Gasteiger partial charge in [-0.1, -0.05) is 13.8 Å². The Labute approximate surface area is 108 Å². The first-order valence-electron chi connectivity index (χ1n) is 6.23. The Morgan fingerprint density at radius 1 is 1.28 bits per heavy atom. The van der Waals surface area contributed by atoms with E-state index in [2.05, 4.69) is 18.7 Å². The van der Waals surface area contributed by atoms with Crippen molar-refractivity contribution in [2.24, 2.45) is 0 Å². The molecule has 0 heterocycles. The molecule has 0 N–H and O–H groups in total. The molecular weight excluding hydrogens is 230 g/mol. The third kappa shape index (κ3) is 4.04. The molecule has 100 valence electrons. The molecule has 0 fully saturated rings. The average Bonchev–Trinajstić information content (AvgIpc) is 2.43. The lowest BCUT2D eigenvalue weighted by Crippen LogP contribution is -2.27. The highest BCUT2D eigenvalue weighted by Gasteiger charge is 2.05. The molecule has 0 atom stereocenters. The van der Waals surface area contributed by atoms with Crippen LogP contribution in [-0.4, -0.2) is 44.5 Å². The molecule has 0 amide bonds. The molecule has 1 aromatic rings. The van der Waals surface area contributed by atoms with Crippen LogP contribution in [-0.2, 0) is 0 Å². The maximum absolute atomic E-state index is 10.8. The molecule has 1 rings (SSSR count). The maximum Gasteiger partial charge on any atom is 0.153 e. The van der Waals surface area contributed by atoms with Crippen LogP contribution in [0.2, 0.25) is 0 Å². The predicted molar refractivity (Wildman–Crippen MR) is 71.7 cm³/mol. The van der Waals surface area contributed by atoms with Crippen LogP contribution in [0, 0.1) is 0 Å². The van der Waals surface area contributed by atoms with E-state index < -0.39 is 0 Å². The van der Waals surface area contributed by atoms with Crippen molar-refractivity contribution in [1.29, 1.82) is 0 Å². The molecular formula is C14H21NO3. The lowest BCUT2D eigenvalue weighted by atomic mass is 10.2. The van der Waals surface area contributed by atoms with Gasteiger partial charge in [0.1, 0.15) is 18.1 Å². The van der Waals surface area contributed by atoms with Gasteiger partial charge < -0.3 is 14.4 Å². The van der Waals surface area contributed by atoms with E-state index in [0.717, 1.165) is 31.7 Å². The Morgan fingerprint density at radius 3 is 2.56 bits per heavy atom. The van der Waals surface area contributed by atoms with E-state index in [0.29, 0.717) is 17.9 Å². The van der Waals surface area contributed by atoms with Gasteiger partial charge in [0, 0.05) is 12.6 Å². The molecule has 0 aliphatic heterocycles. The Balaban J connectivity index is 2.55. The summed E-state index contributed by atoms with van der Waals surface area (Å²) in [6, 6.07) is 5.24. The number of likely N-dealkylation sites (N-methyl/N-ethyl adjacent to an activating group) is 1. The van der Waals surface area contributed by atoms with Crippen LogP contribution in [0.15, 0.2) is 18.2 Å². The van der Waals surface area contributed by atoms with Crippen molar-refractivity contribution in [3.8, 4) is 11.5 Å². The quantitative estimate of drug-likeness (QED) is 0.664. The molecule has 0 aliphatic rings. The Kier molecular flexibility index (Phi) is 6.22. The third-order valence-corrected chi connectivity index (χ3v) is 2.90. The molecule has 4 heteroatoms. The Bertz CT molecular complexity index is 375. The Hall–Kier alpha value is -1.55. The molecule has 0 aliphatic carbocycles. The first-order valence-corrected chi connectivity index (χ1v) is 6.23. The number of carbonyl (C=O) groups is 1. The highest BCUT2D eigenvalue weighted by atomic mass is 16.5. The molecule has 0 saturated carbocycles. The highest BCUT2D eigenvalue weighted by Crippen LogP contribution is 2.23. The van der Waals surface area contributed by atoms with Crippen LogP contribution >= 0.6 is 0 Å². The minimum absolute atomic E-state index is 0.536. The molecule has 0 unspecified atom stereocenters. The van der Waals surface area contributed by atoms with Gasteiger partial charge in [-0.05, 0) is 25.2 Å². The van der Waals surface area contributed by atoms with E-state index in [4.69, 9.17) is 9.47 Å². The molecule has 0 spiro atoms. The summed E-state index contributed by atoms with van der Waals surface area (Å²) in [4.78, 5) is 13.0. The van der Waals surface area contributed by atoms with Crippen LogP contribution in [0.4, 0.5) is 0 Å². The minimum atomic E-state index is 0.536. The van der Waals surface area contributed by atoms with E-state index in [1.165, 1.54) is 0 Å². The van der Waals surface area contributed by atoms with Gasteiger partial charge in [0.05, 0.1) is 12.7 Å². The van der Waals surface area contributed by atoms with Crippen molar-refractivity contribution in [2.75, 3.05) is 33.4 Å². The van der Waals surface area contributed by atoms with E-state index in [9.17, 15) is 4.79 Å². The van der Waals surface area contributed by atoms with Crippen LogP contribution < -0.4 is 9.47 Å². The first kappa shape index (κ1) is 14.5. The number of aldehydes is 1. The smallest absolute Gasteiger partial charge is 0.153 e. The zero-order chi connectivity index (χ0) is 13.4. The number of ether oxygens (including phenoxy) is 2. The minimum Gasteiger partial charge on any atom is -0.496 e. The van der Waals surface area contributed by atoms with E-state index in [1.807, 2.05) is 0 Å². The van der Waals surface area contributed by atoms with Gasteiger partial charge in [-0.2, -0.15) is 0 Å². The van der Waals surface area contributed by atoms with Gasteiger partial charge in [-0.15, -0.1) is 0 Å². The second-order valence-electron chi connectivity index (χ2n) is 3.90. The third-order valence-electron chi connectivity index (χ3n) is 2.90. The molecule has 18 heavy (non-hydrogen) atoms. The average molecular weight is 251 g/mol. The summed E-state index contributed by atoms with van der Waals surface area (Å²) < 4.78 is 10.8. The second kappa shape index (κ2) is 7.71. The van der Waals surface area contributed by atoms with Crippen LogP contribution in [0.3, 0.4) is 0 Å². The molecule has 4 nitrogen and oxygen atoms in total. The number of methoxy groups -OCH3 is 1. The summed E-state index contributed by atoms with van der Waals surface area (Å²) in [5.74, 6) is 1.27. The largest absolute Gasteiger partial charge is 0.496 e. The van der Waals surface area contributed by atoms with Crippen molar-refractivity contribution in [3.63, 3.8) is 0 Å². The van der Waals surface area contributed by atoms with Crippen LogP contribution in [0.25, 0.3) is 0 Å². The Morgan fingerprint density at radius 2 is 2.00 bits per heavy atom. The van der Waals surface area contributed by atoms with E-state index in [-0.39, 0.29) is 0 Å². The lowest BCUT2D eigenvalue weighted by molar-refractivity contribution is 0.112. The fraction of sp³-hybridized carbons (Fsp3) is 0.500. The van der Waals surface area contributed by atoms with Gasteiger partial charge >= 0.3 is 0 Å². The number of hydrogen-bond donors (Lipinski definition) is 0. The standard InChI is InChI=1S/C14H21NO3/c1-4-15(5-2)8-9-18-13-7-6-12(11-16)14(10-13)17-3/h6-7,10-11H,4-5,8-9H2,1-3H3. The van der Waals surface area contributed by atoms with Gasteiger partial charge in [-0.3, -0.25) is 4.79 Å². The maximum atomic E-state index is 10.8. The number of rotatable bonds is 8. The molecule has 0 saturated heterocycles. The molecule has 1 aromatic carbocycles. The zero-order valence-corrected chi connectivity index (χ0v) is 11.3. The summed E-state index contributed by atoms with van der Waals surface area (Å²) in [6.45, 7) is 7.83. The van der Waals surface area contributed by atoms with Gasteiger partial charge in [0.15, 0.2) is 6.29 Å². The normalized spacial score (nSPS) is 10.4. The second-order valence-corrected chi connectivity index (χ2v) is 3.90. The van der Waals surface area contributed by atoms with E-state index in [1.54, 1.807) is 25.3 Å². The van der Waals surface area contributed by atoms with Crippen molar-refractivity contribution in [1.82, 2.24) is 4.90 Å². The number of hydrogen-bond acceptors (Lipinski definition) is 4. The highest BCUT2D eigenvalue weighted by molar-refractivity contribution is 5.79. The number of nitrogens with zero attached hydrogens (tertiary/aromatic N) is 1. The topological polar surface area (TPSA) is 38.8 Å². The van der Waals surface area contributed by atoms with Gasteiger partial charge in [0.25, 0.3) is 0 Å². The fourth-order valence-electron chi connectivity index (χ4n) is 1.71. The summed E-state index contributed by atoms with van der Waals surface area (Å²) in [7, 11) is 1.54. The lowest BCUT2D eigenvalue weighted by Gasteiger charge is -2.18. The predicted octanol–water partition coefficient (Wildman–Crippen LogP) is 2.23. The van der Waals surface area contributed by atoms with Crippen molar-refractivity contribution in [2.45, 2.75) is 13.8 Å². The first-order chi connectivity index (χ1) is 8.74. The van der Waals surface area contributed by atoms with Gasteiger partial charge in [0.2, 0.25) is 0 Å². The molecule has 0 radical (unpaired) electrons. The van der Waals surface area contributed by atoms with Crippen molar-refractivity contribution < 1.29 is 14.3 Å².